The summed E-state index contributed by atoms with van der Waals surface area (Å²) in [5, 5.41) is 0. The molecule has 2 aromatic heterocycles. The van der Waals surface area contributed by atoms with E-state index in [1.165, 1.54) is 4.40 Å². The summed E-state index contributed by atoms with van der Waals surface area (Å²) in [4.78, 5) is 15.9. The Morgan fingerprint density at radius 3 is 2.53 bits per heavy atom. The molecular weight excluding hydrogens is 212 g/mol. The molecule has 1 aromatic carbocycles. The second-order valence-corrected chi connectivity index (χ2v) is 3.79. The highest BCUT2D eigenvalue weighted by molar-refractivity contribution is 5.64. The van der Waals surface area contributed by atoms with Crippen LogP contribution in [0.3, 0.4) is 0 Å². The molecule has 0 aliphatic carbocycles. The Morgan fingerprint density at radius 2 is 1.71 bits per heavy atom. The van der Waals surface area contributed by atoms with Crippen LogP contribution in [0.4, 0.5) is 0 Å². The Kier molecular flexibility index (Phi) is 2.22. The monoisotopic (exact) mass is 222 g/mol. The summed E-state index contributed by atoms with van der Waals surface area (Å²) in [6.45, 7) is 0. The lowest BCUT2D eigenvalue weighted by molar-refractivity contribution is 0.998. The van der Waals surface area contributed by atoms with Gasteiger partial charge in [0.2, 0.25) is 0 Å². The molecule has 0 saturated heterocycles. The van der Waals surface area contributed by atoms with Gasteiger partial charge in [-0.2, -0.15) is 4.98 Å². The van der Waals surface area contributed by atoms with Crippen LogP contribution in [0.25, 0.3) is 16.8 Å². The van der Waals surface area contributed by atoms with Gasteiger partial charge in [-0.1, -0.05) is 36.4 Å². The molecule has 0 N–H and O–H groups in total. The Bertz CT molecular complexity index is 717. The number of nitrogens with zero attached hydrogens (tertiary/aromatic N) is 2. The van der Waals surface area contributed by atoms with Gasteiger partial charge in [-0.3, -0.25) is 4.40 Å². The molecule has 0 aliphatic heterocycles. The van der Waals surface area contributed by atoms with Crippen molar-refractivity contribution in [2.75, 3.05) is 0 Å². The van der Waals surface area contributed by atoms with Crippen LogP contribution in [0, 0.1) is 0 Å². The molecule has 0 aliphatic rings. The number of hydrogen-bond donors (Lipinski definition) is 0. The lowest BCUT2D eigenvalue weighted by Gasteiger charge is -2.03. The standard InChI is InChI=1S/C14H10N2O/c17-14-15-13(11-6-2-1-3-7-11)10-12-8-4-5-9-16(12)14/h1-10H. The fraction of sp³-hybridized carbons (Fsp3) is 0. The fourth-order valence-corrected chi connectivity index (χ4v) is 1.83. The average molecular weight is 222 g/mol. The molecule has 0 spiro atoms. The van der Waals surface area contributed by atoms with Crippen molar-refractivity contribution in [3.05, 3.63) is 71.3 Å². The maximum atomic E-state index is 11.8. The Balaban J connectivity index is 2.30. The average Bonchev–Trinajstić information content (AvgIpc) is 2.40. The lowest BCUT2D eigenvalue weighted by Crippen LogP contribution is -2.16. The molecule has 0 bridgehead atoms. The van der Waals surface area contributed by atoms with Crippen molar-refractivity contribution in [3.8, 4) is 11.3 Å². The molecule has 3 rings (SSSR count). The molecule has 82 valence electrons. The van der Waals surface area contributed by atoms with Gasteiger partial charge in [-0.05, 0) is 18.2 Å². The summed E-state index contributed by atoms with van der Waals surface area (Å²) >= 11 is 0. The van der Waals surface area contributed by atoms with Gasteiger partial charge in [0, 0.05) is 11.8 Å². The zero-order valence-electron chi connectivity index (χ0n) is 9.08. The van der Waals surface area contributed by atoms with E-state index in [-0.39, 0.29) is 5.69 Å². The second-order valence-electron chi connectivity index (χ2n) is 3.79. The first-order valence-corrected chi connectivity index (χ1v) is 5.38. The third-order valence-corrected chi connectivity index (χ3v) is 2.67. The van der Waals surface area contributed by atoms with Crippen LogP contribution in [-0.2, 0) is 0 Å². The van der Waals surface area contributed by atoms with Crippen LogP contribution < -0.4 is 5.69 Å². The number of aromatic nitrogens is 2. The number of rotatable bonds is 1. The number of hydrogen-bond acceptors (Lipinski definition) is 2. The summed E-state index contributed by atoms with van der Waals surface area (Å²) < 4.78 is 1.53. The first-order chi connectivity index (χ1) is 8.34. The second kappa shape index (κ2) is 3.87. The topological polar surface area (TPSA) is 34.4 Å². The van der Waals surface area contributed by atoms with Crippen molar-refractivity contribution in [2.45, 2.75) is 0 Å². The predicted molar refractivity (Wildman–Crippen MR) is 66.9 cm³/mol. The first-order valence-electron chi connectivity index (χ1n) is 5.38. The summed E-state index contributed by atoms with van der Waals surface area (Å²) in [6, 6.07) is 17.2. The van der Waals surface area contributed by atoms with Gasteiger partial charge >= 0.3 is 5.69 Å². The minimum absolute atomic E-state index is 0.248. The van der Waals surface area contributed by atoms with E-state index in [1.54, 1.807) is 6.20 Å². The molecule has 0 radical (unpaired) electrons. The maximum Gasteiger partial charge on any atom is 0.352 e. The minimum atomic E-state index is -0.248. The third-order valence-electron chi connectivity index (χ3n) is 2.67. The Morgan fingerprint density at radius 1 is 0.941 bits per heavy atom. The Labute approximate surface area is 98.0 Å². The van der Waals surface area contributed by atoms with Crippen molar-refractivity contribution >= 4 is 5.52 Å². The molecule has 0 amide bonds. The first kappa shape index (κ1) is 9.78. The van der Waals surface area contributed by atoms with E-state index in [0.29, 0.717) is 5.69 Å². The predicted octanol–water partition coefficient (Wildman–Crippen LogP) is 2.36. The van der Waals surface area contributed by atoms with E-state index in [0.717, 1.165) is 11.1 Å². The van der Waals surface area contributed by atoms with Crippen LogP contribution >= 0.6 is 0 Å². The molecule has 17 heavy (non-hydrogen) atoms. The summed E-state index contributed by atoms with van der Waals surface area (Å²) in [7, 11) is 0. The zero-order chi connectivity index (χ0) is 11.7. The van der Waals surface area contributed by atoms with Crippen molar-refractivity contribution in [3.63, 3.8) is 0 Å². The summed E-state index contributed by atoms with van der Waals surface area (Å²) in [6.07, 6.45) is 1.72. The number of pyridine rings is 1. The van der Waals surface area contributed by atoms with E-state index < -0.39 is 0 Å². The minimum Gasteiger partial charge on any atom is -0.268 e. The number of benzene rings is 1. The molecule has 3 heteroatoms. The largest absolute Gasteiger partial charge is 0.352 e. The molecule has 3 aromatic rings. The normalized spacial score (nSPS) is 10.6. The van der Waals surface area contributed by atoms with E-state index in [2.05, 4.69) is 4.98 Å². The quantitative estimate of drug-likeness (QED) is 0.633. The van der Waals surface area contributed by atoms with Gasteiger partial charge < -0.3 is 0 Å². The van der Waals surface area contributed by atoms with E-state index in [9.17, 15) is 4.79 Å². The highest BCUT2D eigenvalue weighted by Crippen LogP contribution is 2.16. The lowest BCUT2D eigenvalue weighted by atomic mass is 10.1. The van der Waals surface area contributed by atoms with Crippen LogP contribution in [0.1, 0.15) is 0 Å². The van der Waals surface area contributed by atoms with Crippen LogP contribution in [-0.4, -0.2) is 9.38 Å². The molecule has 0 atom stereocenters. The van der Waals surface area contributed by atoms with Crippen molar-refractivity contribution in [1.29, 1.82) is 0 Å². The van der Waals surface area contributed by atoms with Crippen LogP contribution in [0.2, 0.25) is 0 Å². The van der Waals surface area contributed by atoms with E-state index in [1.807, 2.05) is 54.6 Å². The fourth-order valence-electron chi connectivity index (χ4n) is 1.83. The van der Waals surface area contributed by atoms with Gasteiger partial charge in [0.25, 0.3) is 0 Å². The molecular formula is C14H10N2O. The smallest absolute Gasteiger partial charge is 0.268 e. The SMILES string of the molecule is O=c1nc(-c2ccccc2)cc2ccccn12. The van der Waals surface area contributed by atoms with Gasteiger partial charge in [-0.25, -0.2) is 4.79 Å². The highest BCUT2D eigenvalue weighted by Gasteiger charge is 2.02. The van der Waals surface area contributed by atoms with Crippen LogP contribution in [0.5, 0.6) is 0 Å². The molecule has 0 unspecified atom stereocenters. The molecule has 0 fully saturated rings. The maximum absolute atomic E-state index is 11.8. The van der Waals surface area contributed by atoms with Gasteiger partial charge in [0.1, 0.15) is 0 Å². The number of fused-ring (bicyclic) bond motifs is 1. The summed E-state index contributed by atoms with van der Waals surface area (Å²) in [5.74, 6) is 0. The van der Waals surface area contributed by atoms with Crippen LogP contribution in [0.15, 0.2) is 65.6 Å². The highest BCUT2D eigenvalue weighted by atomic mass is 16.1. The Hall–Kier alpha value is -2.42. The molecule has 3 nitrogen and oxygen atoms in total. The van der Waals surface area contributed by atoms with E-state index >= 15 is 0 Å². The van der Waals surface area contributed by atoms with E-state index in [4.69, 9.17) is 0 Å². The zero-order valence-corrected chi connectivity index (χ0v) is 9.08. The van der Waals surface area contributed by atoms with Crippen molar-refractivity contribution in [1.82, 2.24) is 9.38 Å². The summed E-state index contributed by atoms with van der Waals surface area (Å²) in [5.41, 5.74) is 2.27. The van der Waals surface area contributed by atoms with Gasteiger partial charge in [0.05, 0.1) is 11.2 Å². The van der Waals surface area contributed by atoms with Crippen molar-refractivity contribution in [2.24, 2.45) is 0 Å². The molecule has 2 heterocycles. The van der Waals surface area contributed by atoms with Gasteiger partial charge in [0.15, 0.2) is 0 Å². The van der Waals surface area contributed by atoms with Gasteiger partial charge in [-0.15, -0.1) is 0 Å². The molecule has 0 saturated carbocycles. The van der Waals surface area contributed by atoms with Crippen molar-refractivity contribution < 1.29 is 0 Å². The third kappa shape index (κ3) is 1.72.